The predicted octanol–water partition coefficient (Wildman–Crippen LogP) is 3.71. The quantitative estimate of drug-likeness (QED) is 0.833. The number of aromatic nitrogens is 2. The van der Waals surface area contributed by atoms with E-state index < -0.39 is 11.7 Å². The molecule has 7 heteroatoms. The van der Waals surface area contributed by atoms with Crippen molar-refractivity contribution in [3.8, 4) is 0 Å². The van der Waals surface area contributed by atoms with E-state index in [0.29, 0.717) is 18.9 Å². The Morgan fingerprint density at radius 2 is 1.88 bits per heavy atom. The molecule has 2 aromatic rings. The first-order valence-corrected chi connectivity index (χ1v) is 7.62. The third-order valence-corrected chi connectivity index (χ3v) is 3.78. The van der Waals surface area contributed by atoms with Crippen LogP contribution in [0.15, 0.2) is 36.7 Å². The number of carbonyl (C=O) groups is 1. The van der Waals surface area contributed by atoms with Crippen LogP contribution >= 0.6 is 0 Å². The van der Waals surface area contributed by atoms with E-state index in [-0.39, 0.29) is 11.9 Å². The molecule has 0 unspecified atom stereocenters. The molecule has 1 aromatic carbocycles. The Morgan fingerprint density at radius 3 is 2.38 bits per heavy atom. The lowest BCUT2D eigenvalue weighted by atomic mass is 10.1. The van der Waals surface area contributed by atoms with Gasteiger partial charge in [0, 0.05) is 31.9 Å². The summed E-state index contributed by atoms with van der Waals surface area (Å²) in [5, 5.41) is 0. The molecule has 1 amide bonds. The highest BCUT2D eigenvalue weighted by Crippen LogP contribution is 2.29. The summed E-state index contributed by atoms with van der Waals surface area (Å²) in [7, 11) is 0. The van der Waals surface area contributed by atoms with Gasteiger partial charge in [-0.2, -0.15) is 13.2 Å². The van der Waals surface area contributed by atoms with Gasteiger partial charge in [0.25, 0.3) is 0 Å². The first-order valence-electron chi connectivity index (χ1n) is 7.62. The molecule has 0 aliphatic carbocycles. The van der Waals surface area contributed by atoms with Crippen molar-refractivity contribution in [2.45, 2.75) is 46.1 Å². The summed E-state index contributed by atoms with van der Waals surface area (Å²) in [4.78, 5) is 17.6. The first kappa shape index (κ1) is 18.0. The Morgan fingerprint density at radius 1 is 1.25 bits per heavy atom. The van der Waals surface area contributed by atoms with Gasteiger partial charge in [-0.15, -0.1) is 0 Å². The smallest absolute Gasteiger partial charge is 0.333 e. The predicted molar refractivity (Wildman–Crippen MR) is 84.1 cm³/mol. The fraction of sp³-hybridized carbons (Fsp3) is 0.412. The van der Waals surface area contributed by atoms with E-state index in [2.05, 4.69) is 4.98 Å². The van der Waals surface area contributed by atoms with E-state index in [1.807, 2.05) is 18.4 Å². The van der Waals surface area contributed by atoms with Crippen LogP contribution in [0.3, 0.4) is 0 Å². The highest BCUT2D eigenvalue weighted by Gasteiger charge is 2.29. The van der Waals surface area contributed by atoms with E-state index in [4.69, 9.17) is 0 Å². The number of alkyl halides is 3. The Balaban J connectivity index is 2.14. The molecule has 0 aliphatic rings. The minimum atomic E-state index is -4.34. The molecule has 0 saturated carbocycles. The molecule has 2 rings (SSSR count). The van der Waals surface area contributed by atoms with Gasteiger partial charge >= 0.3 is 6.18 Å². The summed E-state index contributed by atoms with van der Waals surface area (Å²) in [5.74, 6) is 0.646. The fourth-order valence-electron chi connectivity index (χ4n) is 2.44. The molecule has 0 aliphatic heterocycles. The second-order valence-electron chi connectivity index (χ2n) is 5.91. The number of halogens is 3. The van der Waals surface area contributed by atoms with Crippen molar-refractivity contribution in [3.05, 3.63) is 53.6 Å². The summed E-state index contributed by atoms with van der Waals surface area (Å²) in [6.07, 6.45) is -0.957. The van der Waals surface area contributed by atoms with Gasteiger partial charge in [0.1, 0.15) is 5.82 Å². The number of rotatable bonds is 5. The lowest BCUT2D eigenvalue weighted by molar-refractivity contribution is -0.137. The first-order chi connectivity index (χ1) is 11.2. The van der Waals surface area contributed by atoms with E-state index in [0.717, 1.165) is 17.7 Å². The van der Waals surface area contributed by atoms with E-state index in [9.17, 15) is 18.0 Å². The molecular formula is C17H20F3N3O. The summed E-state index contributed by atoms with van der Waals surface area (Å²) < 4.78 is 39.6. The van der Waals surface area contributed by atoms with Crippen LogP contribution in [-0.4, -0.2) is 26.4 Å². The third-order valence-electron chi connectivity index (χ3n) is 3.78. The van der Waals surface area contributed by atoms with Crippen molar-refractivity contribution < 1.29 is 18.0 Å². The van der Waals surface area contributed by atoms with Crippen LogP contribution < -0.4 is 0 Å². The lowest BCUT2D eigenvalue weighted by Gasteiger charge is -2.25. The van der Waals surface area contributed by atoms with Gasteiger partial charge in [0.2, 0.25) is 5.91 Å². The molecule has 0 atom stereocenters. The van der Waals surface area contributed by atoms with Crippen LogP contribution in [0.2, 0.25) is 0 Å². The molecule has 1 heterocycles. The average molecular weight is 339 g/mol. The second kappa shape index (κ2) is 7.07. The molecule has 0 bridgehead atoms. The maximum atomic E-state index is 12.6. The molecule has 0 radical (unpaired) electrons. The summed E-state index contributed by atoms with van der Waals surface area (Å²) in [6.45, 7) is 6.11. The van der Waals surface area contributed by atoms with Crippen molar-refractivity contribution in [3.63, 3.8) is 0 Å². The van der Waals surface area contributed by atoms with Gasteiger partial charge < -0.3 is 9.47 Å². The Labute approximate surface area is 138 Å². The fourth-order valence-corrected chi connectivity index (χ4v) is 2.44. The van der Waals surface area contributed by atoms with Crippen LogP contribution in [0.5, 0.6) is 0 Å². The molecule has 24 heavy (non-hydrogen) atoms. The number of imidazole rings is 1. The van der Waals surface area contributed by atoms with Gasteiger partial charge in [-0.05, 0) is 31.5 Å². The average Bonchev–Trinajstić information content (AvgIpc) is 2.90. The van der Waals surface area contributed by atoms with E-state index in [1.165, 1.54) is 19.1 Å². The zero-order chi connectivity index (χ0) is 17.9. The molecule has 0 fully saturated rings. The number of benzene rings is 1. The number of nitrogens with zero attached hydrogens (tertiary/aromatic N) is 3. The van der Waals surface area contributed by atoms with Crippen molar-refractivity contribution in [2.75, 3.05) is 0 Å². The Kier molecular flexibility index (Phi) is 5.31. The number of hydrogen-bond acceptors (Lipinski definition) is 2. The summed E-state index contributed by atoms with van der Waals surface area (Å²) in [6, 6.07) is 5.10. The summed E-state index contributed by atoms with van der Waals surface area (Å²) in [5.41, 5.74) is 0.0702. The van der Waals surface area contributed by atoms with Crippen LogP contribution in [-0.2, 0) is 24.1 Å². The maximum Gasteiger partial charge on any atom is 0.416 e. The molecule has 4 nitrogen and oxygen atoms in total. The summed E-state index contributed by atoms with van der Waals surface area (Å²) >= 11 is 0. The van der Waals surface area contributed by atoms with Crippen molar-refractivity contribution in [2.24, 2.45) is 0 Å². The van der Waals surface area contributed by atoms with Gasteiger partial charge in [-0.1, -0.05) is 12.1 Å². The van der Waals surface area contributed by atoms with Gasteiger partial charge in [-0.25, -0.2) is 4.98 Å². The minimum Gasteiger partial charge on any atom is -0.333 e. The lowest BCUT2D eigenvalue weighted by Crippen LogP contribution is -2.35. The van der Waals surface area contributed by atoms with Crippen LogP contribution in [0.4, 0.5) is 13.2 Å². The highest BCUT2D eigenvalue weighted by molar-refractivity contribution is 5.73. The van der Waals surface area contributed by atoms with Gasteiger partial charge in [0.05, 0.1) is 12.1 Å². The molecule has 0 saturated heterocycles. The van der Waals surface area contributed by atoms with Gasteiger partial charge in [0.15, 0.2) is 0 Å². The highest BCUT2D eigenvalue weighted by atomic mass is 19.4. The molecule has 0 spiro atoms. The SMILES string of the molecule is CC(=O)N(Cc1nccn1Cc1ccc(C(F)(F)F)cc1)C(C)C. The molecule has 0 N–H and O–H groups in total. The van der Waals surface area contributed by atoms with Crippen LogP contribution in [0.1, 0.15) is 37.7 Å². The zero-order valence-electron chi connectivity index (χ0n) is 13.8. The minimum absolute atomic E-state index is 0.0405. The molecule has 1 aromatic heterocycles. The van der Waals surface area contributed by atoms with Crippen LogP contribution in [0, 0.1) is 0 Å². The monoisotopic (exact) mass is 339 g/mol. The van der Waals surface area contributed by atoms with Crippen molar-refractivity contribution in [1.82, 2.24) is 14.5 Å². The van der Waals surface area contributed by atoms with E-state index in [1.54, 1.807) is 17.3 Å². The molecule has 130 valence electrons. The maximum absolute atomic E-state index is 12.6. The largest absolute Gasteiger partial charge is 0.416 e. The van der Waals surface area contributed by atoms with Crippen LogP contribution in [0.25, 0.3) is 0 Å². The normalized spacial score (nSPS) is 11.8. The van der Waals surface area contributed by atoms with Crippen molar-refractivity contribution in [1.29, 1.82) is 0 Å². The Hall–Kier alpha value is -2.31. The standard InChI is InChI=1S/C17H20F3N3O/c1-12(2)23(13(3)24)11-16-21-8-9-22(16)10-14-4-6-15(7-5-14)17(18,19)20/h4-9,12H,10-11H2,1-3H3. The van der Waals surface area contributed by atoms with E-state index >= 15 is 0 Å². The number of carbonyl (C=O) groups excluding carboxylic acids is 1. The zero-order valence-corrected chi connectivity index (χ0v) is 13.8. The van der Waals surface area contributed by atoms with Gasteiger partial charge in [-0.3, -0.25) is 4.79 Å². The number of hydrogen-bond donors (Lipinski definition) is 0. The second-order valence-corrected chi connectivity index (χ2v) is 5.91. The molecular weight excluding hydrogens is 319 g/mol. The Bertz CT molecular complexity index is 690. The number of amides is 1. The van der Waals surface area contributed by atoms with Crippen molar-refractivity contribution >= 4 is 5.91 Å². The topological polar surface area (TPSA) is 38.1 Å². The third kappa shape index (κ3) is 4.37.